The van der Waals surface area contributed by atoms with Gasteiger partial charge in [-0.3, -0.25) is 4.79 Å². The number of hydrogen-bond donors (Lipinski definition) is 1. The van der Waals surface area contributed by atoms with Crippen LogP contribution in [0.15, 0.2) is 30.6 Å². The van der Waals surface area contributed by atoms with Gasteiger partial charge in [-0.05, 0) is 50.8 Å². The van der Waals surface area contributed by atoms with Gasteiger partial charge < -0.3 is 15.1 Å². The summed E-state index contributed by atoms with van der Waals surface area (Å²) in [6.07, 6.45) is 4.04. The number of anilines is 2. The van der Waals surface area contributed by atoms with E-state index in [0.717, 1.165) is 48.4 Å². The summed E-state index contributed by atoms with van der Waals surface area (Å²) < 4.78 is 13.9. The molecular weight excluding hydrogens is 425 g/mol. The number of fused-ring (bicyclic) bond motifs is 1. The maximum Gasteiger partial charge on any atom is 0.223 e. The van der Waals surface area contributed by atoms with Crippen LogP contribution in [-0.4, -0.2) is 49.1 Å². The first kappa shape index (κ1) is 22.5. The molecule has 3 aromatic rings. The van der Waals surface area contributed by atoms with Crippen molar-refractivity contribution in [2.24, 2.45) is 5.92 Å². The maximum atomic E-state index is 13.9. The summed E-state index contributed by atoms with van der Waals surface area (Å²) in [6, 6.07) is 6.75. The lowest BCUT2D eigenvalue weighted by molar-refractivity contribution is -0.125. The Morgan fingerprint density at radius 3 is 2.75 bits per heavy atom. The second-order valence-electron chi connectivity index (χ2n) is 8.44. The first-order chi connectivity index (χ1) is 15.5. The highest BCUT2D eigenvalue weighted by atomic mass is 32.1. The van der Waals surface area contributed by atoms with Gasteiger partial charge in [0.1, 0.15) is 22.8 Å². The van der Waals surface area contributed by atoms with E-state index in [0.29, 0.717) is 18.8 Å². The number of benzene rings is 1. The summed E-state index contributed by atoms with van der Waals surface area (Å²) in [5.41, 5.74) is 1.84. The number of piperidine rings is 1. The first-order valence-corrected chi connectivity index (χ1v) is 12.0. The minimum atomic E-state index is -0.223. The van der Waals surface area contributed by atoms with E-state index in [-0.39, 0.29) is 17.6 Å². The molecule has 2 aromatic heterocycles. The molecule has 1 aliphatic heterocycles. The maximum absolute atomic E-state index is 13.9. The number of hydrogen-bond acceptors (Lipinski definition) is 6. The molecule has 0 bridgehead atoms. The summed E-state index contributed by atoms with van der Waals surface area (Å²) in [5.74, 6) is 0.915. The predicted molar refractivity (Wildman–Crippen MR) is 129 cm³/mol. The van der Waals surface area contributed by atoms with Crippen LogP contribution in [0.25, 0.3) is 10.2 Å². The monoisotopic (exact) mass is 455 g/mol. The summed E-state index contributed by atoms with van der Waals surface area (Å²) in [4.78, 5) is 28.1. The standard InChI is InChI=1S/C24H30FN5OS/c1-16-17(2)32-24-21(16)22(27-15-28-24)30-13-9-18(10-14-30)23(31)26-11-6-12-29(3)20-8-5-4-7-19(20)25/h4-5,7-8,15,18H,6,9-14H2,1-3H3,(H,26,31). The number of carbonyl (C=O) groups excluding carboxylic acids is 1. The molecule has 1 aliphatic rings. The normalized spacial score (nSPS) is 14.7. The number of amides is 1. The van der Waals surface area contributed by atoms with Crippen molar-refractivity contribution in [1.29, 1.82) is 0 Å². The molecule has 0 saturated carbocycles. The van der Waals surface area contributed by atoms with Crippen molar-refractivity contribution in [3.05, 3.63) is 46.9 Å². The van der Waals surface area contributed by atoms with E-state index >= 15 is 0 Å². The molecule has 0 aliphatic carbocycles. The van der Waals surface area contributed by atoms with E-state index in [2.05, 4.69) is 34.0 Å². The summed E-state index contributed by atoms with van der Waals surface area (Å²) >= 11 is 1.71. The lowest BCUT2D eigenvalue weighted by Gasteiger charge is -2.32. The Kier molecular flexibility index (Phi) is 6.89. The van der Waals surface area contributed by atoms with E-state index in [4.69, 9.17) is 0 Å². The van der Waals surface area contributed by atoms with Gasteiger partial charge in [0.2, 0.25) is 5.91 Å². The fraction of sp³-hybridized carbons (Fsp3) is 0.458. The fourth-order valence-electron chi connectivity index (χ4n) is 4.31. The third-order valence-electron chi connectivity index (χ3n) is 6.34. The predicted octanol–water partition coefficient (Wildman–Crippen LogP) is 4.31. The van der Waals surface area contributed by atoms with Crippen molar-refractivity contribution < 1.29 is 9.18 Å². The molecule has 1 saturated heterocycles. The van der Waals surface area contributed by atoms with Crippen LogP contribution in [0.1, 0.15) is 29.7 Å². The molecule has 0 spiro atoms. The molecular formula is C24H30FN5OS. The van der Waals surface area contributed by atoms with E-state index in [9.17, 15) is 9.18 Å². The van der Waals surface area contributed by atoms with Crippen LogP contribution in [0.3, 0.4) is 0 Å². The molecule has 0 radical (unpaired) electrons. The van der Waals surface area contributed by atoms with Crippen molar-refractivity contribution >= 4 is 39.0 Å². The molecule has 6 nitrogen and oxygen atoms in total. The molecule has 32 heavy (non-hydrogen) atoms. The molecule has 0 atom stereocenters. The Morgan fingerprint density at radius 1 is 1.25 bits per heavy atom. The highest BCUT2D eigenvalue weighted by molar-refractivity contribution is 7.18. The fourth-order valence-corrected chi connectivity index (χ4v) is 5.30. The highest BCUT2D eigenvalue weighted by Crippen LogP contribution is 2.35. The van der Waals surface area contributed by atoms with Crippen molar-refractivity contribution in [3.8, 4) is 0 Å². The number of carbonyl (C=O) groups is 1. The highest BCUT2D eigenvalue weighted by Gasteiger charge is 2.27. The van der Waals surface area contributed by atoms with Gasteiger partial charge in [-0.25, -0.2) is 14.4 Å². The van der Waals surface area contributed by atoms with Crippen LogP contribution in [0, 0.1) is 25.6 Å². The summed E-state index contributed by atoms with van der Waals surface area (Å²) in [7, 11) is 1.87. The van der Waals surface area contributed by atoms with Gasteiger partial charge in [0.15, 0.2) is 0 Å². The average molecular weight is 456 g/mol. The Balaban J connectivity index is 1.25. The molecule has 8 heteroatoms. The van der Waals surface area contributed by atoms with Crippen molar-refractivity contribution in [2.45, 2.75) is 33.1 Å². The molecule has 1 N–H and O–H groups in total. The Labute approximate surface area is 192 Å². The third-order valence-corrected chi connectivity index (χ3v) is 7.46. The summed E-state index contributed by atoms with van der Waals surface area (Å²) in [6.45, 7) is 7.16. The lowest BCUT2D eigenvalue weighted by Crippen LogP contribution is -2.41. The van der Waals surface area contributed by atoms with Crippen LogP contribution in [0.4, 0.5) is 15.9 Å². The van der Waals surface area contributed by atoms with Crippen LogP contribution >= 0.6 is 11.3 Å². The molecule has 0 unspecified atom stereocenters. The van der Waals surface area contributed by atoms with Gasteiger partial charge in [-0.1, -0.05) is 12.1 Å². The Bertz CT molecular complexity index is 1090. The van der Waals surface area contributed by atoms with Gasteiger partial charge in [0.25, 0.3) is 0 Å². The largest absolute Gasteiger partial charge is 0.372 e. The number of nitrogens with one attached hydrogen (secondary N) is 1. The van der Waals surface area contributed by atoms with Crippen LogP contribution in [-0.2, 0) is 4.79 Å². The molecule has 170 valence electrons. The van der Waals surface area contributed by atoms with Gasteiger partial charge in [-0.2, -0.15) is 0 Å². The van der Waals surface area contributed by atoms with Crippen LogP contribution in [0.2, 0.25) is 0 Å². The van der Waals surface area contributed by atoms with Crippen LogP contribution in [0.5, 0.6) is 0 Å². The van der Waals surface area contributed by atoms with Crippen molar-refractivity contribution in [2.75, 3.05) is 43.0 Å². The quantitative estimate of drug-likeness (QED) is 0.538. The van der Waals surface area contributed by atoms with Crippen molar-refractivity contribution in [1.82, 2.24) is 15.3 Å². The first-order valence-electron chi connectivity index (χ1n) is 11.1. The van der Waals surface area contributed by atoms with Gasteiger partial charge in [-0.15, -0.1) is 11.3 Å². The number of para-hydroxylation sites is 1. The molecule has 3 heterocycles. The second kappa shape index (κ2) is 9.81. The SMILES string of the molecule is Cc1sc2ncnc(N3CCC(C(=O)NCCCN(C)c4ccccc4F)CC3)c2c1C. The van der Waals surface area contributed by atoms with E-state index in [1.54, 1.807) is 29.8 Å². The number of aromatic nitrogens is 2. The van der Waals surface area contributed by atoms with E-state index in [1.807, 2.05) is 18.0 Å². The molecule has 4 rings (SSSR count). The zero-order chi connectivity index (χ0) is 22.7. The Hall–Kier alpha value is -2.74. The van der Waals surface area contributed by atoms with E-state index < -0.39 is 0 Å². The van der Waals surface area contributed by atoms with Gasteiger partial charge in [0.05, 0.1) is 11.1 Å². The topological polar surface area (TPSA) is 61.4 Å². The second-order valence-corrected chi connectivity index (χ2v) is 9.64. The zero-order valence-electron chi connectivity index (χ0n) is 18.9. The minimum absolute atomic E-state index is 0.0261. The van der Waals surface area contributed by atoms with Crippen LogP contribution < -0.4 is 15.1 Å². The lowest BCUT2D eigenvalue weighted by atomic mass is 9.95. The minimum Gasteiger partial charge on any atom is -0.372 e. The molecule has 1 aromatic carbocycles. The summed E-state index contributed by atoms with van der Waals surface area (Å²) in [5, 5.41) is 4.22. The van der Waals surface area contributed by atoms with E-state index in [1.165, 1.54) is 16.5 Å². The van der Waals surface area contributed by atoms with Gasteiger partial charge >= 0.3 is 0 Å². The number of thiophene rings is 1. The number of rotatable bonds is 7. The Morgan fingerprint density at radius 2 is 2.00 bits per heavy atom. The smallest absolute Gasteiger partial charge is 0.223 e. The number of halogens is 1. The molecule has 1 amide bonds. The molecule has 1 fully saturated rings. The number of nitrogens with zero attached hydrogens (tertiary/aromatic N) is 4. The van der Waals surface area contributed by atoms with Crippen molar-refractivity contribution in [3.63, 3.8) is 0 Å². The van der Waals surface area contributed by atoms with Gasteiger partial charge in [0, 0.05) is 44.0 Å². The average Bonchev–Trinajstić information content (AvgIpc) is 3.10. The zero-order valence-corrected chi connectivity index (χ0v) is 19.7. The third kappa shape index (κ3) is 4.70. The number of aryl methyl sites for hydroxylation is 2.